The molecule has 23 heavy (non-hydrogen) atoms. The van der Waals surface area contributed by atoms with Crippen LogP contribution >= 0.6 is 0 Å². The molecule has 0 bridgehead atoms. The Morgan fingerprint density at radius 2 is 1.96 bits per heavy atom. The fraction of sp³-hybridized carbons (Fsp3) is 0.562. The van der Waals surface area contributed by atoms with Crippen molar-refractivity contribution < 1.29 is 13.2 Å². The van der Waals surface area contributed by atoms with Crippen LogP contribution in [0.15, 0.2) is 30.3 Å². The first-order chi connectivity index (χ1) is 10.8. The first kappa shape index (κ1) is 17.9. The molecule has 7 heteroatoms. The second kappa shape index (κ2) is 7.42. The highest BCUT2D eigenvalue weighted by atomic mass is 32.2. The summed E-state index contributed by atoms with van der Waals surface area (Å²) in [6.07, 6.45) is 1.41. The fourth-order valence-electron chi connectivity index (χ4n) is 2.75. The summed E-state index contributed by atoms with van der Waals surface area (Å²) in [5.74, 6) is -0.385. The number of carbonyl (C=O) groups is 1. The molecule has 6 nitrogen and oxygen atoms in total. The van der Waals surface area contributed by atoms with Gasteiger partial charge in [0.05, 0.1) is 12.0 Å². The van der Waals surface area contributed by atoms with Crippen molar-refractivity contribution in [1.29, 1.82) is 0 Å². The molecule has 0 aliphatic carbocycles. The summed E-state index contributed by atoms with van der Waals surface area (Å²) < 4.78 is 27.0. The van der Waals surface area contributed by atoms with Gasteiger partial charge in [-0.15, -0.1) is 0 Å². The zero-order valence-corrected chi connectivity index (χ0v) is 14.7. The Morgan fingerprint density at radius 1 is 1.30 bits per heavy atom. The van der Waals surface area contributed by atoms with Crippen LogP contribution in [-0.2, 0) is 15.0 Å². The van der Waals surface area contributed by atoms with E-state index in [2.05, 4.69) is 5.32 Å². The van der Waals surface area contributed by atoms with Gasteiger partial charge >= 0.3 is 0 Å². The number of nitrogens with one attached hydrogen (secondary N) is 1. The van der Waals surface area contributed by atoms with Gasteiger partial charge in [-0.3, -0.25) is 4.79 Å². The first-order valence-corrected chi connectivity index (χ1v) is 9.25. The van der Waals surface area contributed by atoms with Crippen LogP contribution in [0.25, 0.3) is 0 Å². The molecule has 1 fully saturated rings. The van der Waals surface area contributed by atoms with Crippen molar-refractivity contribution in [3.8, 4) is 0 Å². The van der Waals surface area contributed by atoms with Crippen LogP contribution in [0.5, 0.6) is 0 Å². The summed E-state index contributed by atoms with van der Waals surface area (Å²) in [5, 5.41) is 2.99. The van der Waals surface area contributed by atoms with Crippen LogP contribution in [0.1, 0.15) is 31.4 Å². The lowest BCUT2D eigenvalue weighted by molar-refractivity contribution is -0.126. The van der Waals surface area contributed by atoms with E-state index in [1.165, 1.54) is 22.7 Å². The molecule has 1 N–H and O–H groups in total. The number of nitrogens with zero attached hydrogens (tertiary/aromatic N) is 2. The van der Waals surface area contributed by atoms with Crippen LogP contribution in [0.3, 0.4) is 0 Å². The van der Waals surface area contributed by atoms with Gasteiger partial charge in [-0.25, -0.2) is 0 Å². The minimum Gasteiger partial charge on any atom is -0.349 e. The second-order valence-electron chi connectivity index (χ2n) is 6.13. The molecule has 1 aromatic rings. The van der Waals surface area contributed by atoms with Gasteiger partial charge in [0.25, 0.3) is 10.2 Å². The van der Waals surface area contributed by atoms with Crippen molar-refractivity contribution in [1.82, 2.24) is 13.9 Å². The molecule has 1 amide bonds. The predicted octanol–water partition coefficient (Wildman–Crippen LogP) is 1.38. The van der Waals surface area contributed by atoms with Crippen LogP contribution in [-0.4, -0.2) is 50.1 Å². The number of hydrogen-bond acceptors (Lipinski definition) is 3. The highest BCUT2D eigenvalue weighted by Crippen LogP contribution is 2.21. The second-order valence-corrected chi connectivity index (χ2v) is 8.27. The SMILES string of the molecule is C[C@@H](NC(=O)[C@H]1CCCN(S(=O)(=O)N(C)C)C1)c1ccccc1. The maximum Gasteiger partial charge on any atom is 0.281 e. The molecule has 0 saturated carbocycles. The topological polar surface area (TPSA) is 69.7 Å². The summed E-state index contributed by atoms with van der Waals surface area (Å²) in [6, 6.07) is 9.64. The van der Waals surface area contributed by atoms with Crippen molar-refractivity contribution in [2.24, 2.45) is 5.92 Å². The van der Waals surface area contributed by atoms with E-state index in [4.69, 9.17) is 0 Å². The molecule has 0 spiro atoms. The van der Waals surface area contributed by atoms with Gasteiger partial charge in [0.2, 0.25) is 5.91 Å². The quantitative estimate of drug-likeness (QED) is 0.881. The third-order valence-electron chi connectivity index (χ3n) is 4.20. The first-order valence-electron chi connectivity index (χ1n) is 7.85. The van der Waals surface area contributed by atoms with Gasteiger partial charge in [0.1, 0.15) is 0 Å². The Hall–Kier alpha value is -1.44. The molecule has 1 aliphatic heterocycles. The van der Waals surface area contributed by atoms with E-state index in [9.17, 15) is 13.2 Å². The normalized spacial score (nSPS) is 21.1. The summed E-state index contributed by atoms with van der Waals surface area (Å²) in [7, 11) is -0.440. The zero-order valence-electron chi connectivity index (χ0n) is 13.9. The Balaban J connectivity index is 2.00. The average Bonchev–Trinajstić information content (AvgIpc) is 2.55. The lowest BCUT2D eigenvalue weighted by atomic mass is 9.98. The lowest BCUT2D eigenvalue weighted by Gasteiger charge is -2.33. The van der Waals surface area contributed by atoms with E-state index in [0.29, 0.717) is 19.4 Å². The standard InChI is InChI=1S/C16H25N3O3S/c1-13(14-8-5-4-6-9-14)17-16(20)15-10-7-11-19(12-15)23(21,22)18(2)3/h4-6,8-9,13,15H,7,10-12H2,1-3H3,(H,17,20)/t13-,15+/m1/s1. The average molecular weight is 339 g/mol. The van der Waals surface area contributed by atoms with Crippen molar-refractivity contribution in [3.63, 3.8) is 0 Å². The maximum atomic E-state index is 12.5. The van der Waals surface area contributed by atoms with Gasteiger partial charge in [-0.1, -0.05) is 30.3 Å². The monoisotopic (exact) mass is 339 g/mol. The lowest BCUT2D eigenvalue weighted by Crippen LogP contribution is -2.49. The molecule has 2 atom stereocenters. The zero-order chi connectivity index (χ0) is 17.0. The van der Waals surface area contributed by atoms with Gasteiger partial charge in [-0.2, -0.15) is 17.0 Å². The summed E-state index contributed by atoms with van der Waals surface area (Å²) in [4.78, 5) is 12.5. The third kappa shape index (κ3) is 4.31. The maximum absolute atomic E-state index is 12.5. The number of rotatable bonds is 5. The van der Waals surface area contributed by atoms with Gasteiger partial charge in [0, 0.05) is 27.2 Å². The third-order valence-corrected chi connectivity index (χ3v) is 6.11. The van der Waals surface area contributed by atoms with Crippen LogP contribution < -0.4 is 5.32 Å². The molecule has 2 rings (SSSR count). The number of carbonyl (C=O) groups excluding carboxylic acids is 1. The van der Waals surface area contributed by atoms with E-state index < -0.39 is 10.2 Å². The van der Waals surface area contributed by atoms with Gasteiger partial charge < -0.3 is 5.32 Å². The molecule has 1 aromatic carbocycles. The Kier molecular flexibility index (Phi) is 5.78. The van der Waals surface area contributed by atoms with Crippen molar-refractivity contribution in [3.05, 3.63) is 35.9 Å². The van der Waals surface area contributed by atoms with Gasteiger partial charge in [0.15, 0.2) is 0 Å². The molecular formula is C16H25N3O3S. The highest BCUT2D eigenvalue weighted by Gasteiger charge is 2.33. The van der Waals surface area contributed by atoms with E-state index in [0.717, 1.165) is 5.56 Å². The summed E-state index contributed by atoms with van der Waals surface area (Å²) in [5.41, 5.74) is 1.04. The van der Waals surface area contributed by atoms with Crippen LogP contribution in [0, 0.1) is 5.92 Å². The fourth-order valence-corrected chi connectivity index (χ4v) is 3.94. The number of benzene rings is 1. The summed E-state index contributed by atoms with van der Waals surface area (Å²) >= 11 is 0. The smallest absolute Gasteiger partial charge is 0.281 e. The Bertz CT molecular complexity index is 631. The Morgan fingerprint density at radius 3 is 2.57 bits per heavy atom. The summed E-state index contributed by atoms with van der Waals surface area (Å²) in [6.45, 7) is 2.65. The Labute approximate surface area is 138 Å². The van der Waals surface area contributed by atoms with Crippen LogP contribution in [0.4, 0.5) is 0 Å². The molecule has 1 heterocycles. The van der Waals surface area contributed by atoms with E-state index >= 15 is 0 Å². The van der Waals surface area contributed by atoms with Gasteiger partial charge in [-0.05, 0) is 25.3 Å². The minimum atomic E-state index is -3.46. The molecule has 1 saturated heterocycles. The van der Waals surface area contributed by atoms with E-state index in [1.54, 1.807) is 0 Å². The molecule has 0 aromatic heterocycles. The molecule has 1 aliphatic rings. The largest absolute Gasteiger partial charge is 0.349 e. The molecular weight excluding hydrogens is 314 g/mol. The van der Waals surface area contributed by atoms with E-state index in [1.807, 2.05) is 37.3 Å². The number of piperidine rings is 1. The number of hydrogen-bond donors (Lipinski definition) is 1. The number of amides is 1. The van der Waals surface area contributed by atoms with Crippen molar-refractivity contribution >= 4 is 16.1 Å². The van der Waals surface area contributed by atoms with Crippen molar-refractivity contribution in [2.75, 3.05) is 27.2 Å². The highest BCUT2D eigenvalue weighted by molar-refractivity contribution is 7.86. The van der Waals surface area contributed by atoms with Crippen molar-refractivity contribution in [2.45, 2.75) is 25.8 Å². The van der Waals surface area contributed by atoms with Crippen LogP contribution in [0.2, 0.25) is 0 Å². The predicted molar refractivity (Wildman–Crippen MR) is 89.9 cm³/mol. The minimum absolute atomic E-state index is 0.0833. The molecule has 128 valence electrons. The molecule has 0 radical (unpaired) electrons. The molecule has 0 unspecified atom stereocenters. The van der Waals surface area contributed by atoms with E-state index in [-0.39, 0.29) is 24.4 Å².